The van der Waals surface area contributed by atoms with Crippen molar-refractivity contribution < 1.29 is 14.0 Å². The minimum atomic E-state index is -0.162. The van der Waals surface area contributed by atoms with E-state index in [1.165, 1.54) is 6.92 Å². The van der Waals surface area contributed by atoms with E-state index in [1.807, 2.05) is 30.3 Å². The van der Waals surface area contributed by atoms with Gasteiger partial charge in [0.05, 0.1) is 12.8 Å². The third-order valence-electron chi connectivity index (χ3n) is 4.00. The molecule has 0 aliphatic rings. The van der Waals surface area contributed by atoms with Gasteiger partial charge in [-0.15, -0.1) is 5.10 Å². The molecule has 0 spiro atoms. The molecule has 0 saturated carbocycles. The number of amides is 2. The lowest BCUT2D eigenvalue weighted by molar-refractivity contribution is -0.130. The van der Waals surface area contributed by atoms with Gasteiger partial charge in [0, 0.05) is 26.4 Å². The number of hydrogen-bond acceptors (Lipinski definition) is 5. The lowest BCUT2D eigenvalue weighted by atomic mass is 10.2. The van der Waals surface area contributed by atoms with Gasteiger partial charge in [0.2, 0.25) is 17.6 Å². The van der Waals surface area contributed by atoms with Gasteiger partial charge >= 0.3 is 0 Å². The number of aromatic nitrogens is 3. The van der Waals surface area contributed by atoms with Crippen LogP contribution in [0.25, 0.3) is 11.6 Å². The summed E-state index contributed by atoms with van der Waals surface area (Å²) in [5.74, 6) is 1.30. The van der Waals surface area contributed by atoms with Crippen LogP contribution < -0.4 is 5.32 Å². The number of carbonyl (C=O) groups excluding carboxylic acids is 2. The molecule has 2 heterocycles. The molecule has 0 saturated heterocycles. The molecule has 27 heavy (non-hydrogen) atoms. The van der Waals surface area contributed by atoms with Crippen LogP contribution in [0.15, 0.2) is 53.1 Å². The van der Waals surface area contributed by atoms with Crippen molar-refractivity contribution in [3.63, 3.8) is 0 Å². The first-order valence-electron chi connectivity index (χ1n) is 8.63. The number of nitrogens with one attached hydrogen (secondary N) is 2. The number of benzene rings is 1. The van der Waals surface area contributed by atoms with Crippen LogP contribution in [0.5, 0.6) is 0 Å². The molecule has 0 fully saturated rings. The maximum Gasteiger partial charge on any atom is 0.222 e. The van der Waals surface area contributed by atoms with Crippen LogP contribution >= 0.6 is 0 Å². The normalized spacial score (nSPS) is 10.6. The van der Waals surface area contributed by atoms with Crippen LogP contribution in [-0.4, -0.2) is 38.4 Å². The predicted molar refractivity (Wildman–Crippen MR) is 98.1 cm³/mol. The van der Waals surface area contributed by atoms with Gasteiger partial charge in [0.15, 0.2) is 5.76 Å². The summed E-state index contributed by atoms with van der Waals surface area (Å²) in [5.41, 5.74) is 1.03. The largest absolute Gasteiger partial charge is 0.461 e. The van der Waals surface area contributed by atoms with Gasteiger partial charge in [-0.05, 0) is 17.7 Å². The van der Waals surface area contributed by atoms with E-state index in [-0.39, 0.29) is 24.8 Å². The fraction of sp³-hybridized carbons (Fsp3) is 0.263. The van der Waals surface area contributed by atoms with E-state index in [0.29, 0.717) is 30.5 Å². The second-order valence-electron chi connectivity index (χ2n) is 6.04. The second kappa shape index (κ2) is 8.79. The monoisotopic (exact) mass is 367 g/mol. The number of carbonyl (C=O) groups is 2. The van der Waals surface area contributed by atoms with Crippen LogP contribution in [0.1, 0.15) is 24.7 Å². The van der Waals surface area contributed by atoms with Crippen LogP contribution in [-0.2, 0) is 22.7 Å². The van der Waals surface area contributed by atoms with Crippen molar-refractivity contribution in [3.05, 3.63) is 60.1 Å². The van der Waals surface area contributed by atoms with Gasteiger partial charge in [0.1, 0.15) is 5.82 Å². The van der Waals surface area contributed by atoms with Crippen molar-refractivity contribution in [2.75, 3.05) is 6.54 Å². The van der Waals surface area contributed by atoms with Crippen molar-refractivity contribution in [3.8, 4) is 11.6 Å². The lowest BCUT2D eigenvalue weighted by Gasteiger charge is -2.20. The van der Waals surface area contributed by atoms with Gasteiger partial charge in [-0.3, -0.25) is 14.7 Å². The number of rotatable bonds is 8. The maximum atomic E-state index is 12.1. The van der Waals surface area contributed by atoms with Crippen molar-refractivity contribution in [1.82, 2.24) is 25.4 Å². The number of aromatic amines is 1. The van der Waals surface area contributed by atoms with E-state index in [4.69, 9.17) is 4.42 Å². The second-order valence-corrected chi connectivity index (χ2v) is 6.04. The first kappa shape index (κ1) is 18.4. The van der Waals surface area contributed by atoms with Crippen molar-refractivity contribution in [2.24, 2.45) is 0 Å². The van der Waals surface area contributed by atoms with E-state index < -0.39 is 0 Å². The molecule has 8 nitrogen and oxygen atoms in total. The van der Waals surface area contributed by atoms with Crippen LogP contribution in [0.3, 0.4) is 0 Å². The summed E-state index contributed by atoms with van der Waals surface area (Å²) < 4.78 is 5.22. The highest BCUT2D eigenvalue weighted by atomic mass is 16.3. The first-order valence-corrected chi connectivity index (χ1v) is 8.63. The van der Waals surface area contributed by atoms with E-state index in [0.717, 1.165) is 5.56 Å². The Labute approximate surface area is 156 Å². The maximum absolute atomic E-state index is 12.1. The number of H-pyrrole nitrogens is 1. The molecule has 0 atom stereocenters. The first-order chi connectivity index (χ1) is 13.1. The van der Waals surface area contributed by atoms with E-state index in [9.17, 15) is 9.59 Å². The van der Waals surface area contributed by atoms with Crippen LogP contribution in [0.2, 0.25) is 0 Å². The van der Waals surface area contributed by atoms with Crippen molar-refractivity contribution in [2.45, 2.75) is 26.4 Å². The molecule has 1 aromatic carbocycles. The van der Waals surface area contributed by atoms with E-state index >= 15 is 0 Å². The molecule has 2 amide bonds. The summed E-state index contributed by atoms with van der Waals surface area (Å²) in [6, 6.07) is 13.2. The minimum Gasteiger partial charge on any atom is -0.461 e. The molecule has 0 radical (unpaired) electrons. The van der Waals surface area contributed by atoms with Crippen molar-refractivity contribution >= 4 is 11.8 Å². The molecule has 3 aromatic rings. The molecule has 2 N–H and O–H groups in total. The summed E-state index contributed by atoms with van der Waals surface area (Å²) in [6.07, 6.45) is 1.76. The van der Waals surface area contributed by atoms with Gasteiger partial charge in [-0.2, -0.15) is 0 Å². The van der Waals surface area contributed by atoms with Gasteiger partial charge < -0.3 is 14.6 Å². The molecule has 3 rings (SSSR count). The summed E-state index contributed by atoms with van der Waals surface area (Å²) in [5, 5.41) is 9.59. The van der Waals surface area contributed by atoms with E-state index in [1.54, 1.807) is 23.3 Å². The van der Waals surface area contributed by atoms with Gasteiger partial charge in [-0.25, -0.2) is 4.98 Å². The third-order valence-corrected chi connectivity index (χ3v) is 4.00. The van der Waals surface area contributed by atoms with Crippen LogP contribution in [0, 0.1) is 0 Å². The molecule has 0 bridgehead atoms. The Morgan fingerprint density at radius 1 is 1.19 bits per heavy atom. The Morgan fingerprint density at radius 3 is 2.70 bits per heavy atom. The van der Waals surface area contributed by atoms with Crippen LogP contribution in [0.4, 0.5) is 0 Å². The fourth-order valence-electron chi connectivity index (χ4n) is 2.55. The summed E-state index contributed by atoms with van der Waals surface area (Å²) in [6.45, 7) is 2.57. The SMILES string of the molecule is CC(=O)N(CCC(=O)NCc1nc(-c2ccco2)n[nH]1)Cc1ccccc1. The summed E-state index contributed by atoms with van der Waals surface area (Å²) >= 11 is 0. The third kappa shape index (κ3) is 5.27. The number of hydrogen-bond donors (Lipinski definition) is 2. The molecule has 0 unspecified atom stereocenters. The zero-order chi connectivity index (χ0) is 19.1. The number of nitrogens with zero attached hydrogens (tertiary/aromatic N) is 3. The zero-order valence-corrected chi connectivity index (χ0v) is 15.0. The highest BCUT2D eigenvalue weighted by Gasteiger charge is 2.13. The number of furan rings is 1. The van der Waals surface area contributed by atoms with Crippen molar-refractivity contribution in [1.29, 1.82) is 0 Å². The molecule has 0 aliphatic heterocycles. The summed E-state index contributed by atoms with van der Waals surface area (Å²) in [7, 11) is 0. The zero-order valence-electron chi connectivity index (χ0n) is 15.0. The van der Waals surface area contributed by atoms with Gasteiger partial charge in [0.25, 0.3) is 0 Å². The minimum absolute atomic E-state index is 0.0648. The highest BCUT2D eigenvalue weighted by Crippen LogP contribution is 2.14. The quantitative estimate of drug-likeness (QED) is 0.635. The smallest absolute Gasteiger partial charge is 0.222 e. The molecular formula is C19H21N5O3. The Balaban J connectivity index is 1.46. The average molecular weight is 367 g/mol. The summed E-state index contributed by atoms with van der Waals surface area (Å²) in [4.78, 5) is 29.8. The Hall–Kier alpha value is -3.42. The predicted octanol–water partition coefficient (Wildman–Crippen LogP) is 2.12. The Kier molecular flexibility index (Phi) is 5.98. The van der Waals surface area contributed by atoms with Gasteiger partial charge in [-0.1, -0.05) is 30.3 Å². The Bertz CT molecular complexity index is 874. The van der Waals surface area contributed by atoms with E-state index in [2.05, 4.69) is 20.5 Å². The molecule has 0 aliphatic carbocycles. The standard InChI is InChI=1S/C19H21N5O3/c1-14(25)24(13-15-6-3-2-4-7-15)10-9-18(26)20-12-17-21-19(23-22-17)16-8-5-11-27-16/h2-8,11H,9-10,12-13H2,1H3,(H,20,26)(H,21,22,23). The highest BCUT2D eigenvalue weighted by molar-refractivity contribution is 5.78. The topological polar surface area (TPSA) is 104 Å². The Morgan fingerprint density at radius 2 is 2.00 bits per heavy atom. The molecule has 140 valence electrons. The lowest BCUT2D eigenvalue weighted by Crippen LogP contribution is -2.33. The average Bonchev–Trinajstić information content (AvgIpc) is 3.35. The fourth-order valence-corrected chi connectivity index (χ4v) is 2.55. The molecule has 2 aromatic heterocycles. The molecule has 8 heteroatoms. The molecular weight excluding hydrogens is 346 g/mol.